The van der Waals surface area contributed by atoms with Gasteiger partial charge >= 0.3 is 0 Å². The van der Waals surface area contributed by atoms with E-state index in [1.807, 2.05) is 6.92 Å². The van der Waals surface area contributed by atoms with E-state index >= 15 is 0 Å². The summed E-state index contributed by atoms with van der Waals surface area (Å²) in [7, 11) is -4.18. The van der Waals surface area contributed by atoms with Gasteiger partial charge in [-0.25, -0.2) is 0 Å². The third-order valence-electron chi connectivity index (χ3n) is 6.71. The van der Waals surface area contributed by atoms with Gasteiger partial charge in [-0.3, -0.25) is 0 Å². The highest BCUT2D eigenvalue weighted by molar-refractivity contribution is 6.74. The Morgan fingerprint density at radius 2 is 1.12 bits per heavy atom. The molecule has 25 heavy (non-hydrogen) atoms. The Morgan fingerprint density at radius 3 is 1.48 bits per heavy atom. The molecule has 0 aliphatic heterocycles. The maximum absolute atomic E-state index is 10.9. The fourth-order valence-corrected chi connectivity index (χ4v) is 5.34. The minimum Gasteiger partial charge on any atom is -0.409 e. The lowest BCUT2D eigenvalue weighted by Crippen LogP contribution is -2.62. The molecule has 0 amide bonds. The van der Waals surface area contributed by atoms with E-state index in [-0.39, 0.29) is 16.0 Å². The Morgan fingerprint density at radius 1 is 0.760 bits per heavy atom. The normalized spacial score (nSPS) is 32.8. The van der Waals surface area contributed by atoms with Gasteiger partial charge in [-0.2, -0.15) is 0 Å². The Labute approximate surface area is 157 Å². The lowest BCUT2D eigenvalue weighted by molar-refractivity contribution is -0.142. The van der Waals surface area contributed by atoms with Gasteiger partial charge in [-0.1, -0.05) is 48.5 Å². The van der Waals surface area contributed by atoms with Gasteiger partial charge in [0.05, 0.1) is 24.4 Å². The van der Waals surface area contributed by atoms with Gasteiger partial charge in [0.2, 0.25) is 0 Å². The number of rotatable bonds is 4. The largest absolute Gasteiger partial charge is 0.409 e. The molecular weight excluding hydrogens is 348 g/mol. The standard InChI is InChI=1S/C19H42O4Si2/c1-13-12-14(20)16(22-24(8,9)18(2,3)4)17(15(13)21)23-25(10,11)19(5,6)7/h13-17,20-21H,12H2,1-11H3/t13-,14-,15-,16-,17-/m1/s1. The Hall–Kier alpha value is 0.274. The van der Waals surface area contributed by atoms with Crippen molar-refractivity contribution in [2.45, 2.75) is 116 Å². The molecule has 0 saturated heterocycles. The molecule has 4 nitrogen and oxygen atoms in total. The summed E-state index contributed by atoms with van der Waals surface area (Å²) in [6, 6.07) is 0. The van der Waals surface area contributed by atoms with E-state index in [1.165, 1.54) is 0 Å². The summed E-state index contributed by atoms with van der Waals surface area (Å²) in [5, 5.41) is 21.7. The Bertz CT molecular complexity index is 451. The van der Waals surface area contributed by atoms with E-state index in [9.17, 15) is 10.2 Å². The van der Waals surface area contributed by atoms with Gasteiger partial charge in [-0.05, 0) is 48.6 Å². The zero-order valence-electron chi connectivity index (χ0n) is 18.3. The summed E-state index contributed by atoms with van der Waals surface area (Å²) in [4.78, 5) is 0. The first-order valence-electron chi connectivity index (χ1n) is 9.62. The molecule has 0 bridgehead atoms. The smallest absolute Gasteiger partial charge is 0.192 e. The Balaban J connectivity index is 3.17. The number of aliphatic hydroxyl groups is 2. The first-order chi connectivity index (χ1) is 10.9. The molecule has 0 aromatic heterocycles. The van der Waals surface area contributed by atoms with Crippen LogP contribution in [0.2, 0.25) is 36.3 Å². The van der Waals surface area contributed by atoms with Crippen LogP contribution < -0.4 is 0 Å². The maximum atomic E-state index is 10.9. The number of aliphatic hydroxyl groups excluding tert-OH is 2. The van der Waals surface area contributed by atoms with Crippen LogP contribution in [0, 0.1) is 5.92 Å². The molecule has 0 unspecified atom stereocenters. The second-order valence-electron chi connectivity index (χ2n) is 11.0. The molecule has 5 atom stereocenters. The zero-order chi connectivity index (χ0) is 20.0. The van der Waals surface area contributed by atoms with Crippen molar-refractivity contribution >= 4 is 16.6 Å². The molecule has 0 radical (unpaired) electrons. The number of hydrogen-bond acceptors (Lipinski definition) is 4. The third-order valence-corrected chi connectivity index (χ3v) is 15.7. The molecule has 0 heterocycles. The fourth-order valence-electron chi connectivity index (χ4n) is 2.71. The molecule has 150 valence electrons. The second-order valence-corrected chi connectivity index (χ2v) is 20.5. The summed E-state index contributed by atoms with van der Waals surface area (Å²) in [6.45, 7) is 23.9. The quantitative estimate of drug-likeness (QED) is 0.692. The van der Waals surface area contributed by atoms with Crippen LogP contribution in [0.4, 0.5) is 0 Å². The van der Waals surface area contributed by atoms with E-state index in [1.54, 1.807) is 0 Å². The van der Waals surface area contributed by atoms with Crippen molar-refractivity contribution in [1.82, 2.24) is 0 Å². The lowest BCUT2D eigenvalue weighted by Gasteiger charge is -2.50. The molecule has 1 aliphatic rings. The molecule has 1 aliphatic carbocycles. The van der Waals surface area contributed by atoms with Crippen LogP contribution in [-0.2, 0) is 8.85 Å². The molecule has 0 spiro atoms. The van der Waals surface area contributed by atoms with Crippen LogP contribution in [0.15, 0.2) is 0 Å². The summed E-state index contributed by atoms with van der Waals surface area (Å²) in [5.74, 6) is 0.00374. The molecule has 1 rings (SSSR count). The fraction of sp³-hybridized carbons (Fsp3) is 1.00. The molecule has 1 saturated carbocycles. The minimum atomic E-state index is -2.09. The van der Waals surface area contributed by atoms with Crippen LogP contribution in [-0.4, -0.2) is 51.3 Å². The predicted octanol–water partition coefficient (Wildman–Crippen LogP) is 4.53. The van der Waals surface area contributed by atoms with E-state index in [0.29, 0.717) is 6.42 Å². The minimum absolute atomic E-state index is 0.00374. The van der Waals surface area contributed by atoms with Gasteiger partial charge in [0.25, 0.3) is 0 Å². The first-order valence-corrected chi connectivity index (χ1v) is 15.4. The van der Waals surface area contributed by atoms with Gasteiger partial charge in [0.1, 0.15) is 0 Å². The van der Waals surface area contributed by atoms with Gasteiger partial charge in [-0.15, -0.1) is 0 Å². The Kier molecular flexibility index (Phi) is 6.86. The SMILES string of the molecule is C[C@@H]1C[C@@H](O)[C@@H](O[Si](C)(C)C(C)(C)C)[C@H](O[Si](C)(C)C(C)(C)C)[C@@H]1O. The predicted molar refractivity (Wildman–Crippen MR) is 110 cm³/mol. The van der Waals surface area contributed by atoms with Crippen molar-refractivity contribution in [2.75, 3.05) is 0 Å². The average Bonchev–Trinajstić information content (AvgIpc) is 2.37. The van der Waals surface area contributed by atoms with E-state index < -0.39 is 41.1 Å². The van der Waals surface area contributed by atoms with Crippen molar-refractivity contribution in [3.63, 3.8) is 0 Å². The van der Waals surface area contributed by atoms with Crippen LogP contribution in [0.3, 0.4) is 0 Å². The maximum Gasteiger partial charge on any atom is 0.192 e. The highest BCUT2D eigenvalue weighted by Crippen LogP contribution is 2.43. The van der Waals surface area contributed by atoms with Gasteiger partial charge in [0, 0.05) is 0 Å². The van der Waals surface area contributed by atoms with Crippen LogP contribution in [0.5, 0.6) is 0 Å². The highest BCUT2D eigenvalue weighted by Gasteiger charge is 2.51. The topological polar surface area (TPSA) is 58.9 Å². The second kappa shape index (κ2) is 7.36. The summed E-state index contributed by atoms with van der Waals surface area (Å²) >= 11 is 0. The monoisotopic (exact) mass is 390 g/mol. The van der Waals surface area contributed by atoms with Gasteiger partial charge in [0.15, 0.2) is 16.6 Å². The van der Waals surface area contributed by atoms with Crippen LogP contribution in [0.25, 0.3) is 0 Å². The summed E-state index contributed by atoms with van der Waals surface area (Å²) in [5.41, 5.74) is 0. The van der Waals surface area contributed by atoms with Crippen LogP contribution in [0.1, 0.15) is 54.9 Å². The highest BCUT2D eigenvalue weighted by atomic mass is 28.4. The molecule has 6 heteroatoms. The zero-order valence-corrected chi connectivity index (χ0v) is 20.3. The number of hydrogen-bond donors (Lipinski definition) is 2. The van der Waals surface area contributed by atoms with Crippen LogP contribution >= 0.6 is 0 Å². The molecule has 0 aromatic rings. The van der Waals surface area contributed by atoms with E-state index in [2.05, 4.69) is 67.7 Å². The summed E-state index contributed by atoms with van der Waals surface area (Å²) < 4.78 is 13.2. The third kappa shape index (κ3) is 5.17. The average molecular weight is 391 g/mol. The van der Waals surface area contributed by atoms with Crippen molar-refractivity contribution in [1.29, 1.82) is 0 Å². The van der Waals surface area contributed by atoms with E-state index in [0.717, 1.165) is 0 Å². The molecule has 2 N–H and O–H groups in total. The van der Waals surface area contributed by atoms with E-state index in [4.69, 9.17) is 8.85 Å². The lowest BCUT2D eigenvalue weighted by atomic mass is 9.82. The molecule has 1 fully saturated rings. The van der Waals surface area contributed by atoms with Crippen molar-refractivity contribution in [3.05, 3.63) is 0 Å². The van der Waals surface area contributed by atoms with Gasteiger partial charge < -0.3 is 19.1 Å². The van der Waals surface area contributed by atoms with Crippen molar-refractivity contribution < 1.29 is 19.1 Å². The van der Waals surface area contributed by atoms with Crippen molar-refractivity contribution in [3.8, 4) is 0 Å². The van der Waals surface area contributed by atoms with Crippen molar-refractivity contribution in [2.24, 2.45) is 5.92 Å². The molecule has 0 aromatic carbocycles. The first kappa shape index (κ1) is 23.3. The molecular formula is C19H42O4Si2. The summed E-state index contributed by atoms with van der Waals surface area (Å²) in [6.07, 6.45) is -1.57.